The van der Waals surface area contributed by atoms with Crippen LogP contribution in [0.15, 0.2) is 77.8 Å². The number of benzene rings is 3. The van der Waals surface area contributed by atoms with Gasteiger partial charge in [0.15, 0.2) is 0 Å². The maximum absolute atomic E-state index is 13.4. The Kier molecular flexibility index (Phi) is 7.34. The fraction of sp³-hybridized carbons (Fsp3) is 0.214. The third-order valence-electron chi connectivity index (χ3n) is 6.65. The molecule has 0 unspecified atom stereocenters. The molecule has 1 N–H and O–H groups in total. The SMILES string of the molecule is Cc1cc(C(=O)N2CCN(Cc3ccc(F)c(Cl)c3)CC2)ccc1NS(=O)(=O)c1cccc2cccnc12. The van der Waals surface area contributed by atoms with Gasteiger partial charge in [-0.05, 0) is 60.5 Å². The molecule has 196 valence electrons. The van der Waals surface area contributed by atoms with E-state index in [1.165, 1.54) is 12.1 Å². The van der Waals surface area contributed by atoms with Gasteiger partial charge in [-0.2, -0.15) is 0 Å². The second kappa shape index (κ2) is 10.7. The van der Waals surface area contributed by atoms with Crippen molar-refractivity contribution < 1.29 is 17.6 Å². The zero-order valence-corrected chi connectivity index (χ0v) is 22.3. The van der Waals surface area contributed by atoms with Crippen LogP contribution in [-0.2, 0) is 16.6 Å². The number of pyridine rings is 1. The van der Waals surface area contributed by atoms with Crippen molar-refractivity contribution in [1.82, 2.24) is 14.8 Å². The quantitative estimate of drug-likeness (QED) is 0.360. The number of amides is 1. The highest BCUT2D eigenvalue weighted by atomic mass is 35.5. The molecule has 3 aromatic carbocycles. The molecule has 1 amide bonds. The average molecular weight is 553 g/mol. The Balaban J connectivity index is 1.24. The van der Waals surface area contributed by atoms with Gasteiger partial charge in [-0.1, -0.05) is 35.9 Å². The van der Waals surface area contributed by atoms with Gasteiger partial charge in [-0.15, -0.1) is 0 Å². The van der Waals surface area contributed by atoms with Crippen molar-refractivity contribution in [2.24, 2.45) is 0 Å². The summed E-state index contributed by atoms with van der Waals surface area (Å²) in [5.41, 5.74) is 2.85. The Hall–Kier alpha value is -3.53. The topological polar surface area (TPSA) is 82.6 Å². The molecule has 1 aliphatic heterocycles. The van der Waals surface area contributed by atoms with E-state index in [2.05, 4.69) is 14.6 Å². The van der Waals surface area contributed by atoms with Crippen LogP contribution in [0.4, 0.5) is 10.1 Å². The minimum atomic E-state index is -3.90. The van der Waals surface area contributed by atoms with Crippen molar-refractivity contribution in [2.75, 3.05) is 30.9 Å². The van der Waals surface area contributed by atoms with Gasteiger partial charge in [0.05, 0.1) is 16.2 Å². The number of sulfonamides is 1. The number of anilines is 1. The third kappa shape index (κ3) is 5.50. The highest BCUT2D eigenvalue weighted by Crippen LogP contribution is 2.26. The molecule has 2 heterocycles. The molecule has 10 heteroatoms. The van der Waals surface area contributed by atoms with Crippen molar-refractivity contribution in [2.45, 2.75) is 18.4 Å². The van der Waals surface area contributed by atoms with Crippen molar-refractivity contribution in [3.63, 3.8) is 0 Å². The van der Waals surface area contributed by atoms with E-state index in [-0.39, 0.29) is 15.8 Å². The van der Waals surface area contributed by atoms with Crippen LogP contribution in [-0.4, -0.2) is 55.3 Å². The monoisotopic (exact) mass is 552 g/mol. The first-order chi connectivity index (χ1) is 18.2. The summed E-state index contributed by atoms with van der Waals surface area (Å²) in [6.07, 6.45) is 1.56. The average Bonchev–Trinajstić information content (AvgIpc) is 2.91. The first kappa shape index (κ1) is 26.1. The molecule has 1 aromatic heterocycles. The normalized spacial score (nSPS) is 14.6. The van der Waals surface area contributed by atoms with Gasteiger partial charge in [0.2, 0.25) is 0 Å². The summed E-state index contributed by atoms with van der Waals surface area (Å²) >= 11 is 5.89. The predicted octanol–water partition coefficient (Wildman–Crippen LogP) is 5.09. The highest BCUT2D eigenvalue weighted by Gasteiger charge is 2.24. The summed E-state index contributed by atoms with van der Waals surface area (Å²) in [5, 5.41) is 0.834. The van der Waals surface area contributed by atoms with Gasteiger partial charge in [-0.3, -0.25) is 19.4 Å². The lowest BCUT2D eigenvalue weighted by molar-refractivity contribution is 0.0628. The van der Waals surface area contributed by atoms with Crippen LogP contribution in [0, 0.1) is 12.7 Å². The van der Waals surface area contributed by atoms with Crippen LogP contribution < -0.4 is 4.72 Å². The summed E-state index contributed by atoms with van der Waals surface area (Å²) in [6.45, 7) is 4.85. The number of aryl methyl sites for hydroxylation is 1. The molecule has 38 heavy (non-hydrogen) atoms. The molecular formula is C28H26ClFN4O3S. The van der Waals surface area contributed by atoms with Crippen LogP contribution in [0.25, 0.3) is 10.9 Å². The van der Waals surface area contributed by atoms with Crippen molar-refractivity contribution in [1.29, 1.82) is 0 Å². The Morgan fingerprint density at radius 1 is 1.03 bits per heavy atom. The van der Waals surface area contributed by atoms with Gasteiger partial charge < -0.3 is 4.90 Å². The number of hydrogen-bond donors (Lipinski definition) is 1. The molecule has 0 atom stereocenters. The van der Waals surface area contributed by atoms with Crippen LogP contribution in [0.2, 0.25) is 5.02 Å². The van der Waals surface area contributed by atoms with Gasteiger partial charge in [-0.25, -0.2) is 12.8 Å². The standard InChI is InChI=1S/C28H26ClFN4O3S/c1-19-16-22(28(35)34-14-12-33(13-15-34)18-20-7-9-24(30)23(29)17-20)8-10-25(19)32-38(36,37)26-6-2-4-21-5-3-11-31-27(21)26/h2-11,16-17,32H,12-15,18H2,1H3. The number of aromatic nitrogens is 1. The lowest BCUT2D eigenvalue weighted by Gasteiger charge is -2.35. The number of para-hydroxylation sites is 1. The molecule has 5 rings (SSSR count). The van der Waals surface area contributed by atoms with Crippen molar-refractivity contribution in [3.05, 3.63) is 100 Å². The summed E-state index contributed by atoms with van der Waals surface area (Å²) in [4.78, 5) is 21.5. The van der Waals surface area contributed by atoms with E-state index in [1.54, 1.807) is 60.5 Å². The highest BCUT2D eigenvalue weighted by molar-refractivity contribution is 7.93. The zero-order valence-electron chi connectivity index (χ0n) is 20.7. The summed E-state index contributed by atoms with van der Waals surface area (Å²) < 4.78 is 42.4. The van der Waals surface area contributed by atoms with Crippen LogP contribution in [0.5, 0.6) is 0 Å². The number of nitrogens with one attached hydrogen (secondary N) is 1. The number of carbonyl (C=O) groups excluding carboxylic acids is 1. The molecule has 0 radical (unpaired) electrons. The lowest BCUT2D eigenvalue weighted by atomic mass is 10.1. The summed E-state index contributed by atoms with van der Waals surface area (Å²) in [6, 6.07) is 18.3. The molecule has 4 aromatic rings. The van der Waals surface area contributed by atoms with Crippen molar-refractivity contribution >= 4 is 44.1 Å². The second-order valence-corrected chi connectivity index (χ2v) is 11.3. The van der Waals surface area contributed by atoms with Crippen LogP contribution >= 0.6 is 11.6 Å². The van der Waals surface area contributed by atoms with E-state index < -0.39 is 15.8 Å². The largest absolute Gasteiger partial charge is 0.336 e. The van der Waals surface area contributed by atoms with E-state index in [0.717, 1.165) is 10.9 Å². The van der Waals surface area contributed by atoms with Gasteiger partial charge in [0.25, 0.3) is 15.9 Å². The zero-order chi connectivity index (χ0) is 26.9. The van der Waals surface area contributed by atoms with E-state index >= 15 is 0 Å². The fourth-order valence-electron chi connectivity index (χ4n) is 4.59. The van der Waals surface area contributed by atoms with E-state index in [0.29, 0.717) is 55.1 Å². The maximum atomic E-state index is 13.4. The summed E-state index contributed by atoms with van der Waals surface area (Å²) in [7, 11) is -3.90. The smallest absolute Gasteiger partial charge is 0.264 e. The van der Waals surface area contributed by atoms with Crippen LogP contribution in [0.3, 0.4) is 0 Å². The molecule has 0 saturated carbocycles. The predicted molar refractivity (Wildman–Crippen MR) is 146 cm³/mol. The third-order valence-corrected chi connectivity index (χ3v) is 8.34. The molecule has 0 aliphatic carbocycles. The number of piperazine rings is 1. The Morgan fingerprint density at radius 3 is 2.53 bits per heavy atom. The molecular weight excluding hydrogens is 527 g/mol. The van der Waals surface area contributed by atoms with E-state index in [4.69, 9.17) is 11.6 Å². The number of hydrogen-bond acceptors (Lipinski definition) is 5. The first-order valence-electron chi connectivity index (χ1n) is 12.1. The van der Waals surface area contributed by atoms with E-state index in [1.807, 2.05) is 12.1 Å². The second-order valence-electron chi connectivity index (χ2n) is 9.28. The molecule has 1 fully saturated rings. The molecule has 0 spiro atoms. The Morgan fingerprint density at radius 2 is 1.79 bits per heavy atom. The molecule has 1 saturated heterocycles. The number of fused-ring (bicyclic) bond motifs is 1. The lowest BCUT2D eigenvalue weighted by Crippen LogP contribution is -2.48. The maximum Gasteiger partial charge on any atom is 0.264 e. The molecule has 1 aliphatic rings. The summed E-state index contributed by atoms with van der Waals surface area (Å²) in [5.74, 6) is -0.546. The number of halogens is 2. The number of carbonyl (C=O) groups is 1. The Bertz CT molecular complexity index is 1620. The van der Waals surface area contributed by atoms with Crippen molar-refractivity contribution in [3.8, 4) is 0 Å². The van der Waals surface area contributed by atoms with Gasteiger partial charge >= 0.3 is 0 Å². The number of rotatable bonds is 6. The van der Waals surface area contributed by atoms with E-state index in [9.17, 15) is 17.6 Å². The number of nitrogens with zero attached hydrogens (tertiary/aromatic N) is 3. The van der Waals surface area contributed by atoms with Gasteiger partial charge in [0.1, 0.15) is 10.7 Å². The minimum absolute atomic E-state index is 0.0935. The first-order valence-corrected chi connectivity index (χ1v) is 14.0. The minimum Gasteiger partial charge on any atom is -0.336 e. The van der Waals surface area contributed by atoms with Gasteiger partial charge in [0, 0.05) is 49.9 Å². The molecule has 7 nitrogen and oxygen atoms in total. The molecule has 0 bridgehead atoms. The fourth-order valence-corrected chi connectivity index (χ4v) is 6.11. The Labute approximate surface area is 225 Å². The van der Waals surface area contributed by atoms with Crippen LogP contribution in [0.1, 0.15) is 21.5 Å².